The minimum absolute atomic E-state index is 0. The van der Waals surface area contributed by atoms with Crippen molar-refractivity contribution in [1.82, 2.24) is 34.5 Å². The van der Waals surface area contributed by atoms with E-state index in [9.17, 15) is 4.39 Å². The van der Waals surface area contributed by atoms with Gasteiger partial charge in [0.1, 0.15) is 0 Å². The first-order valence-corrected chi connectivity index (χ1v) is 29.6. The van der Waals surface area contributed by atoms with Crippen molar-refractivity contribution in [2.24, 2.45) is 0 Å². The standard InChI is InChI=1S/C39H26N4.C25H18.C15H10ClN3.CH3F.Na.H/c1-5-13-27(14-6-1)31-21-23-35-33(25-31)34-26-32(28-15-7-2-8-16-28)22-24-36(34)43(35)39-41-37(29-17-9-3-10-18-29)40-38(42-39)30-19-11-4-12-20-30;1-3-7-18(8-4-1)20-11-13-22-15-23-14-12-21(17-25(23)24(22)16-20)19-9-5-2-6-10-19;16-15-18-13(11-7-3-1-4-8-11)17-14(19-15)12-9-5-2-6-10-12;1-2;;/h1-26H;1-14,16-17H,15H2;1-10H;1H3;;/q;;;;+1;-1/i;;;1D;;. The van der Waals surface area contributed by atoms with E-state index in [0.29, 0.717) is 29.2 Å². The first kappa shape index (κ1) is 58.7. The predicted molar refractivity (Wildman–Crippen MR) is 365 cm³/mol. The first-order valence-electron chi connectivity index (χ1n) is 30.0. The molecule has 90 heavy (non-hydrogen) atoms. The van der Waals surface area contributed by atoms with Gasteiger partial charge in [0.25, 0.3) is 0 Å². The predicted octanol–water partition coefficient (Wildman–Crippen LogP) is 17.8. The van der Waals surface area contributed by atoms with Gasteiger partial charge in [-0.2, -0.15) is 19.9 Å². The summed E-state index contributed by atoms with van der Waals surface area (Å²) < 4.78 is 17.7. The van der Waals surface area contributed by atoms with Gasteiger partial charge in [0.15, 0.2) is 23.3 Å². The van der Waals surface area contributed by atoms with Gasteiger partial charge in [-0.05, 0) is 121 Å². The van der Waals surface area contributed by atoms with E-state index in [1.807, 2.05) is 121 Å². The van der Waals surface area contributed by atoms with Gasteiger partial charge >= 0.3 is 29.6 Å². The van der Waals surface area contributed by atoms with Gasteiger partial charge < -0.3 is 1.43 Å². The fourth-order valence-electron chi connectivity index (χ4n) is 11.3. The molecule has 1 aliphatic carbocycles. The van der Waals surface area contributed by atoms with Crippen molar-refractivity contribution >= 4 is 33.4 Å². The number of fused-ring (bicyclic) bond motifs is 6. The normalized spacial score (nSPS) is 11.1. The van der Waals surface area contributed by atoms with E-state index < -0.39 is 7.15 Å². The van der Waals surface area contributed by atoms with Crippen LogP contribution in [0.1, 0.15) is 13.9 Å². The fraction of sp³-hybridized carbons (Fsp3) is 0.0250. The zero-order valence-corrected chi connectivity index (χ0v) is 52.1. The van der Waals surface area contributed by atoms with Gasteiger partial charge in [0.05, 0.1) is 19.6 Å². The first-order chi connectivity index (χ1) is 44.4. The maximum atomic E-state index is 9.96. The number of aromatic nitrogens is 7. The smallest absolute Gasteiger partial charge is 1.00 e. The Morgan fingerprint density at radius 2 is 0.578 bits per heavy atom. The number of hydrogen-bond donors (Lipinski definition) is 0. The van der Waals surface area contributed by atoms with E-state index in [2.05, 4.69) is 214 Å². The summed E-state index contributed by atoms with van der Waals surface area (Å²) in [6, 6.07) is 109. The van der Waals surface area contributed by atoms with Crippen molar-refractivity contribution in [2.75, 3.05) is 7.15 Å². The summed E-state index contributed by atoms with van der Waals surface area (Å²) in [6.45, 7) is 0. The third-order valence-corrected chi connectivity index (χ3v) is 15.8. The van der Waals surface area contributed by atoms with Gasteiger partial charge in [-0.3, -0.25) is 8.96 Å². The Morgan fingerprint density at radius 3 is 0.878 bits per heavy atom. The van der Waals surface area contributed by atoms with Crippen molar-refractivity contribution in [1.29, 1.82) is 0 Å². The van der Waals surface area contributed by atoms with Crippen LogP contribution in [-0.2, 0) is 6.42 Å². The van der Waals surface area contributed by atoms with E-state index in [1.165, 1.54) is 66.8 Å². The van der Waals surface area contributed by atoms with Crippen LogP contribution in [0.25, 0.3) is 129 Å². The van der Waals surface area contributed by atoms with Crippen LogP contribution in [-0.4, -0.2) is 41.6 Å². The number of hydrogen-bond acceptors (Lipinski definition) is 6. The fourth-order valence-corrected chi connectivity index (χ4v) is 11.5. The summed E-state index contributed by atoms with van der Waals surface area (Å²) in [5, 5.41) is 2.50. The van der Waals surface area contributed by atoms with Crippen LogP contribution in [0.2, 0.25) is 5.28 Å². The van der Waals surface area contributed by atoms with E-state index in [-0.39, 0.29) is 36.3 Å². The minimum Gasteiger partial charge on any atom is -1.00 e. The molecule has 428 valence electrons. The van der Waals surface area contributed by atoms with Crippen LogP contribution in [0.4, 0.5) is 4.39 Å². The van der Waals surface area contributed by atoms with E-state index in [1.54, 1.807) is 0 Å². The molecule has 0 N–H and O–H groups in total. The SMILES string of the molecule is Clc1nc(-c2ccccc2)nc(-c2ccccc2)n1.[2H]CF.[H-].[Na+].c1ccc(-c2ccc3c(c2)-c2cc(-c4ccccc4)ccc2C3)cc1.c1ccc(-c2ccc3c(c2)c2cc(-c4ccccc4)ccc2n3-c2nc(-c3ccccc3)nc(-c3ccccc3)n2)cc1. The Bertz CT molecular complexity index is 4610. The number of benzene rings is 12. The molecule has 0 aliphatic heterocycles. The second kappa shape index (κ2) is 28.2. The summed E-state index contributed by atoms with van der Waals surface area (Å²) in [5.41, 5.74) is 21.3. The summed E-state index contributed by atoms with van der Waals surface area (Å²) >= 11 is 5.99. The Morgan fingerprint density at radius 1 is 0.322 bits per heavy atom. The zero-order valence-electron chi connectivity index (χ0n) is 51.3. The average molecular weight is 1200 g/mol. The molecular formula is C80H58ClFN7Na. The van der Waals surface area contributed by atoms with Gasteiger partial charge in [-0.15, -0.1) is 0 Å². The summed E-state index contributed by atoms with van der Waals surface area (Å²) in [5.74, 6) is 3.04. The molecule has 0 saturated carbocycles. The van der Waals surface area contributed by atoms with E-state index in [4.69, 9.17) is 27.9 Å². The topological polar surface area (TPSA) is 82.3 Å². The molecule has 7 nitrogen and oxygen atoms in total. The zero-order chi connectivity index (χ0) is 61.0. The molecule has 0 unspecified atom stereocenters. The Labute approximate surface area is 553 Å². The number of halogens is 2. The molecule has 1 aliphatic rings. The molecule has 0 saturated heterocycles. The molecule has 0 fully saturated rings. The molecule has 0 bridgehead atoms. The van der Waals surface area contributed by atoms with E-state index >= 15 is 0 Å². The van der Waals surface area contributed by atoms with Crippen LogP contribution in [0.5, 0.6) is 0 Å². The van der Waals surface area contributed by atoms with Crippen molar-refractivity contribution in [3.05, 3.63) is 332 Å². The van der Waals surface area contributed by atoms with Crippen molar-refractivity contribution < 1.29 is 36.7 Å². The van der Waals surface area contributed by atoms with Crippen molar-refractivity contribution in [2.45, 2.75) is 6.42 Å². The van der Waals surface area contributed by atoms with Crippen LogP contribution in [0.15, 0.2) is 315 Å². The number of rotatable bonds is 9. The van der Waals surface area contributed by atoms with Gasteiger partial charge in [-0.1, -0.05) is 279 Å². The van der Waals surface area contributed by atoms with Crippen LogP contribution < -0.4 is 29.6 Å². The third-order valence-electron chi connectivity index (χ3n) is 15.6. The average Bonchev–Trinajstić information content (AvgIpc) is 1.59. The quantitative estimate of drug-likeness (QED) is 0.134. The largest absolute Gasteiger partial charge is 1.00 e. The molecule has 3 aromatic heterocycles. The molecule has 0 radical (unpaired) electrons. The van der Waals surface area contributed by atoms with Crippen molar-refractivity contribution in [3.8, 4) is 107 Å². The van der Waals surface area contributed by atoms with Crippen LogP contribution in [0, 0.1) is 0 Å². The number of nitrogens with zero attached hydrogens (tertiary/aromatic N) is 7. The summed E-state index contributed by atoms with van der Waals surface area (Å²) in [4.78, 5) is 27.9. The van der Waals surface area contributed by atoms with Gasteiger partial charge in [0.2, 0.25) is 11.2 Å². The second-order valence-corrected chi connectivity index (χ2v) is 21.5. The molecule has 0 amide bonds. The molecule has 0 atom stereocenters. The Hall–Kier alpha value is -10.3. The molecular weight excluding hydrogens is 1140 g/mol. The maximum absolute atomic E-state index is 9.96. The Balaban J connectivity index is 0.000000150. The maximum Gasteiger partial charge on any atom is 1.00 e. The number of alkyl halides is 1. The molecule has 0 spiro atoms. The summed E-state index contributed by atoms with van der Waals surface area (Å²) in [6.07, 6.45) is 1.04. The monoisotopic (exact) mass is 1190 g/mol. The molecule has 3 heterocycles. The summed E-state index contributed by atoms with van der Waals surface area (Å²) in [7, 11) is -1.00. The molecule has 15 aromatic rings. The molecule has 16 rings (SSSR count). The van der Waals surface area contributed by atoms with Crippen LogP contribution >= 0.6 is 11.6 Å². The van der Waals surface area contributed by atoms with Crippen LogP contribution in [0.3, 0.4) is 0 Å². The molecule has 12 aromatic carbocycles. The van der Waals surface area contributed by atoms with Gasteiger partial charge in [0, 0.05) is 33.0 Å². The molecule has 10 heteroatoms. The van der Waals surface area contributed by atoms with Gasteiger partial charge in [-0.25, -0.2) is 9.97 Å². The minimum atomic E-state index is -1.00. The third kappa shape index (κ3) is 13.2. The van der Waals surface area contributed by atoms with E-state index in [0.717, 1.165) is 50.5 Å². The van der Waals surface area contributed by atoms with Crippen molar-refractivity contribution in [3.63, 3.8) is 0 Å². The second-order valence-electron chi connectivity index (χ2n) is 21.2. The Kier molecular flexibility index (Phi) is 18.4.